The van der Waals surface area contributed by atoms with Crippen LogP contribution in [0.5, 0.6) is 0 Å². The van der Waals surface area contributed by atoms with E-state index in [2.05, 4.69) is 0 Å². The van der Waals surface area contributed by atoms with Crippen molar-refractivity contribution in [3.8, 4) is 0 Å². The van der Waals surface area contributed by atoms with Crippen LogP contribution in [0.1, 0.15) is 43.4 Å². The second-order valence-corrected chi connectivity index (χ2v) is 7.80. The monoisotopic (exact) mass is 364 g/mol. The fraction of sp³-hybridized carbons (Fsp3) is 0.350. The van der Waals surface area contributed by atoms with Crippen molar-refractivity contribution in [2.75, 3.05) is 5.75 Å². The quantitative estimate of drug-likeness (QED) is 0.504. The molecule has 0 spiro atoms. The molecule has 0 saturated heterocycles. The minimum Gasteiger partial charge on any atom is -0.289 e. The summed E-state index contributed by atoms with van der Waals surface area (Å²) in [6.07, 6.45) is -4.66. The average molecular weight is 364 g/mol. The standard InChI is InChI=1S/C20H19F3OS/c1-5-25-19-11(4)14-8-12(10(2)3)6-7-13-9-15(20(21,22)23)18(24)17(19)16(13)14/h6-10H,5H2,1-4H3. The predicted molar refractivity (Wildman–Crippen MR) is 99.1 cm³/mol. The molecule has 0 amide bonds. The molecule has 3 aromatic carbocycles. The fourth-order valence-corrected chi connectivity index (χ4v) is 4.25. The second kappa shape index (κ2) is 6.20. The maximum atomic E-state index is 13.4. The number of hydrogen-bond acceptors (Lipinski definition) is 2. The molecule has 0 aliphatic heterocycles. The van der Waals surface area contributed by atoms with Gasteiger partial charge in [0.25, 0.3) is 0 Å². The molecule has 0 unspecified atom stereocenters. The lowest BCUT2D eigenvalue weighted by Gasteiger charge is -2.07. The van der Waals surface area contributed by atoms with E-state index in [0.717, 1.165) is 22.6 Å². The highest BCUT2D eigenvalue weighted by Gasteiger charge is 2.35. The van der Waals surface area contributed by atoms with E-state index in [1.165, 1.54) is 11.8 Å². The van der Waals surface area contributed by atoms with Crippen LogP contribution >= 0.6 is 11.8 Å². The number of thioether (sulfide) groups is 1. The predicted octanol–water partition coefficient (Wildman–Crippen LogP) is 6.35. The molecular weight excluding hydrogens is 345 g/mol. The summed E-state index contributed by atoms with van der Waals surface area (Å²) in [4.78, 5) is 13.4. The van der Waals surface area contributed by atoms with Gasteiger partial charge >= 0.3 is 6.18 Å². The molecule has 3 aromatic rings. The maximum absolute atomic E-state index is 13.4. The van der Waals surface area contributed by atoms with Crippen LogP contribution in [0.3, 0.4) is 0 Å². The highest BCUT2D eigenvalue weighted by Crippen LogP contribution is 2.41. The number of benzene rings is 1. The van der Waals surface area contributed by atoms with Crippen LogP contribution < -0.4 is 5.43 Å². The van der Waals surface area contributed by atoms with Gasteiger partial charge in [0.2, 0.25) is 0 Å². The summed E-state index contributed by atoms with van der Waals surface area (Å²) < 4.78 is 40.2. The van der Waals surface area contributed by atoms with Crippen molar-refractivity contribution in [3.63, 3.8) is 0 Å². The van der Waals surface area contributed by atoms with Gasteiger partial charge in [0.05, 0.1) is 0 Å². The van der Waals surface area contributed by atoms with E-state index in [0.29, 0.717) is 21.4 Å². The first-order valence-corrected chi connectivity index (χ1v) is 9.22. The summed E-state index contributed by atoms with van der Waals surface area (Å²) in [5, 5.41) is 2.21. The van der Waals surface area contributed by atoms with Gasteiger partial charge in [0.15, 0.2) is 5.43 Å². The van der Waals surface area contributed by atoms with Gasteiger partial charge in [-0.1, -0.05) is 39.0 Å². The molecular formula is C20H19F3OS. The first-order valence-electron chi connectivity index (χ1n) is 8.23. The summed E-state index contributed by atoms with van der Waals surface area (Å²) >= 11 is 1.43. The van der Waals surface area contributed by atoms with Gasteiger partial charge < -0.3 is 0 Å². The number of alkyl halides is 3. The highest BCUT2D eigenvalue weighted by molar-refractivity contribution is 7.99. The van der Waals surface area contributed by atoms with Crippen molar-refractivity contribution in [2.24, 2.45) is 0 Å². The zero-order valence-corrected chi connectivity index (χ0v) is 15.4. The Morgan fingerprint density at radius 2 is 1.80 bits per heavy atom. The van der Waals surface area contributed by atoms with Gasteiger partial charge in [0, 0.05) is 15.7 Å². The lowest BCUT2D eigenvalue weighted by molar-refractivity contribution is -0.138. The largest absolute Gasteiger partial charge is 0.420 e. The molecule has 0 heterocycles. The lowest BCUT2D eigenvalue weighted by Crippen LogP contribution is -2.18. The number of hydrogen-bond donors (Lipinski definition) is 0. The summed E-state index contributed by atoms with van der Waals surface area (Å²) in [6, 6.07) is 6.58. The van der Waals surface area contributed by atoms with E-state index >= 15 is 0 Å². The topological polar surface area (TPSA) is 17.1 Å². The smallest absolute Gasteiger partial charge is 0.289 e. The first kappa shape index (κ1) is 18.1. The van der Waals surface area contributed by atoms with Gasteiger partial charge in [-0.2, -0.15) is 13.2 Å². The molecule has 0 aliphatic rings. The molecule has 132 valence electrons. The van der Waals surface area contributed by atoms with Gasteiger partial charge in [-0.3, -0.25) is 4.79 Å². The van der Waals surface area contributed by atoms with Crippen LogP contribution in [0.4, 0.5) is 13.2 Å². The molecule has 0 aliphatic carbocycles. The molecule has 0 aromatic heterocycles. The van der Waals surface area contributed by atoms with Crippen LogP contribution in [-0.2, 0) is 6.18 Å². The Bertz CT molecular complexity index is 1010. The minimum atomic E-state index is -4.66. The number of halogens is 3. The summed E-state index contributed by atoms with van der Waals surface area (Å²) in [5.41, 5.74) is -0.0601. The van der Waals surface area contributed by atoms with Crippen LogP contribution in [0.15, 0.2) is 34.0 Å². The van der Waals surface area contributed by atoms with Crippen molar-refractivity contribution in [3.05, 3.63) is 51.2 Å². The fourth-order valence-electron chi connectivity index (χ4n) is 3.30. The minimum absolute atomic E-state index is 0.218. The van der Waals surface area contributed by atoms with Crippen molar-refractivity contribution < 1.29 is 13.2 Å². The molecule has 0 saturated carbocycles. The Balaban J connectivity index is 2.60. The van der Waals surface area contributed by atoms with E-state index in [1.807, 2.05) is 39.8 Å². The molecule has 0 fully saturated rings. The summed E-state index contributed by atoms with van der Waals surface area (Å²) in [7, 11) is 0. The summed E-state index contributed by atoms with van der Waals surface area (Å²) in [6.45, 7) is 7.92. The molecule has 0 N–H and O–H groups in total. The van der Waals surface area contributed by atoms with Crippen LogP contribution in [0, 0.1) is 6.92 Å². The first-order chi connectivity index (χ1) is 11.7. The third-order valence-electron chi connectivity index (χ3n) is 4.58. The highest BCUT2D eigenvalue weighted by atomic mass is 32.2. The van der Waals surface area contributed by atoms with Crippen molar-refractivity contribution >= 4 is 33.3 Å². The Kier molecular flexibility index (Phi) is 4.48. The molecule has 25 heavy (non-hydrogen) atoms. The zero-order chi connectivity index (χ0) is 18.5. The lowest BCUT2D eigenvalue weighted by atomic mass is 10.0. The Labute approximate surface area is 148 Å². The second-order valence-electron chi connectivity index (χ2n) is 6.52. The Hall–Kier alpha value is -1.75. The van der Waals surface area contributed by atoms with E-state index in [4.69, 9.17) is 0 Å². The van der Waals surface area contributed by atoms with E-state index in [1.54, 1.807) is 6.07 Å². The van der Waals surface area contributed by atoms with Crippen molar-refractivity contribution in [2.45, 2.75) is 44.7 Å². The van der Waals surface area contributed by atoms with E-state index in [9.17, 15) is 18.0 Å². The van der Waals surface area contributed by atoms with Gasteiger partial charge in [-0.15, -0.1) is 11.8 Å². The SMILES string of the molecule is CCSc1c(C)c2cc(C(C)C)ccc3cc(C(F)(F)F)c(=O)c1c32. The van der Waals surface area contributed by atoms with Crippen LogP contribution in [0.25, 0.3) is 21.5 Å². The van der Waals surface area contributed by atoms with Crippen LogP contribution in [0.2, 0.25) is 0 Å². The molecule has 0 bridgehead atoms. The third kappa shape index (κ3) is 2.88. The van der Waals surface area contributed by atoms with E-state index < -0.39 is 17.2 Å². The van der Waals surface area contributed by atoms with E-state index in [-0.39, 0.29) is 11.3 Å². The van der Waals surface area contributed by atoms with Crippen LogP contribution in [-0.4, -0.2) is 5.75 Å². The third-order valence-corrected chi connectivity index (χ3v) is 5.67. The maximum Gasteiger partial charge on any atom is 0.420 e. The van der Waals surface area contributed by atoms with Gasteiger partial charge in [-0.25, -0.2) is 0 Å². The van der Waals surface area contributed by atoms with Crippen molar-refractivity contribution in [1.29, 1.82) is 0 Å². The molecule has 5 heteroatoms. The van der Waals surface area contributed by atoms with Gasteiger partial charge in [0.1, 0.15) is 5.56 Å². The molecule has 1 nitrogen and oxygen atoms in total. The molecule has 0 radical (unpaired) electrons. The Morgan fingerprint density at radius 1 is 1.12 bits per heavy atom. The Morgan fingerprint density at radius 3 is 2.36 bits per heavy atom. The number of rotatable bonds is 3. The summed E-state index contributed by atoms with van der Waals surface area (Å²) in [5.74, 6) is 0.937. The average Bonchev–Trinajstić information content (AvgIpc) is 2.68. The van der Waals surface area contributed by atoms with Crippen molar-refractivity contribution in [1.82, 2.24) is 0 Å². The number of aryl methyl sites for hydroxylation is 1. The molecule has 0 atom stereocenters. The normalized spacial score (nSPS) is 12.6. The zero-order valence-electron chi connectivity index (χ0n) is 14.5. The van der Waals surface area contributed by atoms with Gasteiger partial charge in [-0.05, 0) is 46.6 Å². The molecule has 3 rings (SSSR count).